The molecule has 28 heavy (non-hydrogen) atoms. The molecule has 0 aliphatic carbocycles. The van der Waals surface area contributed by atoms with Crippen molar-refractivity contribution in [2.45, 2.75) is 30.8 Å². The Hall–Kier alpha value is -2.64. The minimum atomic E-state index is -3.66. The summed E-state index contributed by atoms with van der Waals surface area (Å²) in [5.41, 5.74) is 4.80. The lowest BCUT2D eigenvalue weighted by Gasteiger charge is -2.32. The second kappa shape index (κ2) is 6.18. The Kier molecular flexibility index (Phi) is 3.86. The van der Waals surface area contributed by atoms with Gasteiger partial charge < -0.3 is 10.0 Å². The lowest BCUT2D eigenvalue weighted by Crippen LogP contribution is -2.35. The van der Waals surface area contributed by atoms with Crippen LogP contribution in [0.1, 0.15) is 18.4 Å². The molecule has 0 spiro atoms. The molecule has 0 atom stereocenters. The highest BCUT2D eigenvalue weighted by Gasteiger charge is 2.30. The van der Waals surface area contributed by atoms with E-state index >= 15 is 0 Å². The van der Waals surface area contributed by atoms with Crippen molar-refractivity contribution < 1.29 is 13.5 Å². The van der Waals surface area contributed by atoms with Gasteiger partial charge in [0.05, 0.1) is 22.2 Å². The van der Waals surface area contributed by atoms with Crippen LogP contribution in [0.15, 0.2) is 47.5 Å². The zero-order chi connectivity index (χ0) is 19.5. The van der Waals surface area contributed by atoms with E-state index in [1.807, 2.05) is 37.3 Å². The van der Waals surface area contributed by atoms with Crippen molar-refractivity contribution in [2.75, 3.05) is 22.7 Å². The number of nitrogens with zero attached hydrogens (tertiary/aromatic N) is 2. The van der Waals surface area contributed by atoms with Crippen LogP contribution in [0, 0.1) is 6.92 Å². The molecule has 3 aromatic rings. The number of aryl methyl sites for hydroxylation is 1. The van der Waals surface area contributed by atoms with Gasteiger partial charge in [0.25, 0.3) is 10.0 Å². The first kappa shape index (κ1) is 17.5. The standard InChI is InChI=1S/C21H21N3O3S/c1-13-11-18-17-12-14(24-9-6-15(25)7-10-24)4-5-19(17)28(26,27)23-21(18)20-16(13)3-2-8-22-20/h2-5,8,11-12,15,23,25H,6-7,9-10H2,1H3. The Bertz CT molecular complexity index is 1200. The summed E-state index contributed by atoms with van der Waals surface area (Å²) >= 11 is 0. The zero-order valence-corrected chi connectivity index (χ0v) is 16.3. The number of hydrogen-bond donors (Lipinski definition) is 2. The highest BCUT2D eigenvalue weighted by Crippen LogP contribution is 2.44. The molecule has 0 unspecified atom stereocenters. The fourth-order valence-corrected chi connectivity index (χ4v) is 5.50. The van der Waals surface area contributed by atoms with E-state index in [1.165, 1.54) is 0 Å². The Morgan fingerprint density at radius 1 is 1.14 bits per heavy atom. The molecule has 1 saturated heterocycles. The van der Waals surface area contributed by atoms with Crippen LogP contribution >= 0.6 is 0 Å². The number of aromatic nitrogens is 1. The quantitative estimate of drug-likeness (QED) is 0.661. The maximum absolute atomic E-state index is 12.9. The van der Waals surface area contributed by atoms with Crippen molar-refractivity contribution >= 4 is 32.3 Å². The molecule has 6 nitrogen and oxygen atoms in total. The van der Waals surface area contributed by atoms with Crippen molar-refractivity contribution in [1.29, 1.82) is 0 Å². The van der Waals surface area contributed by atoms with Gasteiger partial charge in [0, 0.05) is 41.5 Å². The Balaban J connectivity index is 1.73. The Labute approximate surface area is 163 Å². The number of benzene rings is 2. The van der Waals surface area contributed by atoms with Gasteiger partial charge in [0.15, 0.2) is 0 Å². The number of hydrogen-bond acceptors (Lipinski definition) is 5. The minimum Gasteiger partial charge on any atom is -0.393 e. The maximum Gasteiger partial charge on any atom is 0.262 e. The van der Waals surface area contributed by atoms with Crippen molar-refractivity contribution in [2.24, 2.45) is 0 Å². The summed E-state index contributed by atoms with van der Waals surface area (Å²) in [4.78, 5) is 6.94. The van der Waals surface area contributed by atoms with E-state index in [1.54, 1.807) is 12.3 Å². The summed E-state index contributed by atoms with van der Waals surface area (Å²) in [6.07, 6.45) is 2.88. The van der Waals surface area contributed by atoms with E-state index in [0.717, 1.165) is 48.1 Å². The van der Waals surface area contributed by atoms with E-state index in [2.05, 4.69) is 14.6 Å². The first-order valence-electron chi connectivity index (χ1n) is 9.42. The molecule has 1 aromatic heterocycles. The molecule has 2 aromatic carbocycles. The molecule has 7 heteroatoms. The number of aliphatic hydroxyl groups is 1. The number of pyridine rings is 1. The summed E-state index contributed by atoms with van der Waals surface area (Å²) < 4.78 is 28.5. The third-order valence-electron chi connectivity index (χ3n) is 5.71. The molecule has 2 N–H and O–H groups in total. The van der Waals surface area contributed by atoms with Gasteiger partial charge in [-0.2, -0.15) is 0 Å². The average Bonchev–Trinajstić information content (AvgIpc) is 2.69. The van der Waals surface area contributed by atoms with Crippen LogP contribution in [0.2, 0.25) is 0 Å². The van der Waals surface area contributed by atoms with Gasteiger partial charge in [-0.3, -0.25) is 9.71 Å². The van der Waals surface area contributed by atoms with E-state index in [0.29, 0.717) is 16.8 Å². The van der Waals surface area contributed by atoms with Crippen LogP contribution in [0.5, 0.6) is 0 Å². The Morgan fingerprint density at radius 3 is 2.71 bits per heavy atom. The highest BCUT2D eigenvalue weighted by atomic mass is 32.2. The predicted molar refractivity (Wildman–Crippen MR) is 110 cm³/mol. The highest BCUT2D eigenvalue weighted by molar-refractivity contribution is 7.93. The van der Waals surface area contributed by atoms with Gasteiger partial charge in [0.2, 0.25) is 0 Å². The summed E-state index contributed by atoms with van der Waals surface area (Å²) in [5, 5.41) is 10.7. The van der Waals surface area contributed by atoms with Crippen LogP contribution in [0.3, 0.4) is 0 Å². The van der Waals surface area contributed by atoms with Gasteiger partial charge in [-0.1, -0.05) is 6.07 Å². The molecule has 2 aliphatic heterocycles. The Morgan fingerprint density at radius 2 is 1.93 bits per heavy atom. The third-order valence-corrected chi connectivity index (χ3v) is 7.12. The average molecular weight is 395 g/mol. The molecular formula is C21H21N3O3S. The molecule has 0 amide bonds. The molecule has 0 radical (unpaired) electrons. The van der Waals surface area contributed by atoms with Crippen molar-refractivity contribution in [3.63, 3.8) is 0 Å². The molecule has 1 fully saturated rings. The summed E-state index contributed by atoms with van der Waals surface area (Å²) in [7, 11) is -3.66. The van der Waals surface area contributed by atoms with Crippen LogP contribution in [0.4, 0.5) is 11.4 Å². The van der Waals surface area contributed by atoms with E-state index in [4.69, 9.17) is 0 Å². The molecule has 5 rings (SSSR count). The molecule has 144 valence electrons. The van der Waals surface area contributed by atoms with Gasteiger partial charge in [-0.25, -0.2) is 8.42 Å². The first-order valence-corrected chi connectivity index (χ1v) is 10.9. The molecule has 3 heterocycles. The maximum atomic E-state index is 12.9. The van der Waals surface area contributed by atoms with Crippen LogP contribution in [0.25, 0.3) is 22.0 Å². The fourth-order valence-electron chi connectivity index (χ4n) is 4.21. The normalized spacial score (nSPS) is 18.4. The van der Waals surface area contributed by atoms with Crippen molar-refractivity contribution in [3.8, 4) is 11.1 Å². The second-order valence-corrected chi connectivity index (χ2v) is 9.17. The first-order chi connectivity index (χ1) is 13.4. The van der Waals surface area contributed by atoms with E-state index in [9.17, 15) is 13.5 Å². The number of fused-ring (bicyclic) bond motifs is 5. The van der Waals surface area contributed by atoms with E-state index < -0.39 is 10.0 Å². The predicted octanol–water partition coefficient (Wildman–Crippen LogP) is 3.29. The number of piperidine rings is 1. The van der Waals surface area contributed by atoms with Gasteiger partial charge in [-0.05, 0) is 55.7 Å². The molecule has 2 aliphatic rings. The lowest BCUT2D eigenvalue weighted by atomic mass is 9.96. The zero-order valence-electron chi connectivity index (χ0n) is 15.5. The third kappa shape index (κ3) is 2.65. The molecule has 0 bridgehead atoms. The fraction of sp³-hybridized carbons (Fsp3) is 0.286. The number of aliphatic hydroxyl groups excluding tert-OH is 1. The van der Waals surface area contributed by atoms with Crippen LogP contribution < -0.4 is 9.62 Å². The summed E-state index contributed by atoms with van der Waals surface area (Å²) in [5.74, 6) is 0. The van der Waals surface area contributed by atoms with Gasteiger partial charge >= 0.3 is 0 Å². The number of anilines is 2. The van der Waals surface area contributed by atoms with Crippen molar-refractivity contribution in [3.05, 3.63) is 48.2 Å². The van der Waals surface area contributed by atoms with Gasteiger partial charge in [0.1, 0.15) is 0 Å². The monoisotopic (exact) mass is 395 g/mol. The number of nitrogens with one attached hydrogen (secondary N) is 1. The van der Waals surface area contributed by atoms with Gasteiger partial charge in [-0.15, -0.1) is 0 Å². The van der Waals surface area contributed by atoms with Crippen LogP contribution in [-0.4, -0.2) is 37.7 Å². The molecule has 0 saturated carbocycles. The second-order valence-electron chi connectivity index (χ2n) is 7.52. The van der Waals surface area contributed by atoms with Crippen LogP contribution in [-0.2, 0) is 10.0 Å². The summed E-state index contributed by atoms with van der Waals surface area (Å²) in [6.45, 7) is 3.54. The SMILES string of the molecule is Cc1cc2c(c3ncccc13)NS(=O)(=O)c1ccc(N3CCC(O)CC3)cc1-2. The lowest BCUT2D eigenvalue weighted by molar-refractivity contribution is 0.145. The van der Waals surface area contributed by atoms with E-state index in [-0.39, 0.29) is 11.0 Å². The number of sulfonamides is 1. The topological polar surface area (TPSA) is 82.5 Å². The largest absolute Gasteiger partial charge is 0.393 e. The smallest absolute Gasteiger partial charge is 0.262 e. The van der Waals surface area contributed by atoms with Crippen molar-refractivity contribution in [1.82, 2.24) is 4.98 Å². The molecular weight excluding hydrogens is 374 g/mol. The summed E-state index contributed by atoms with van der Waals surface area (Å²) in [6, 6.07) is 11.3. The number of rotatable bonds is 1. The minimum absolute atomic E-state index is 0.251.